The number of aryl methyl sites for hydroxylation is 3. The molecule has 0 radical (unpaired) electrons. The first-order valence-electron chi connectivity index (χ1n) is 17.7. The molecule has 0 spiro atoms. The molecule has 9 aromatic rings. The minimum atomic E-state index is -0.0274. The van der Waals surface area contributed by atoms with Crippen molar-refractivity contribution in [3.63, 3.8) is 0 Å². The average molecular weight is 673 g/mol. The third-order valence-corrected chi connectivity index (χ3v) is 12.0. The van der Waals surface area contributed by atoms with E-state index in [0.717, 1.165) is 33.3 Å². The number of anilines is 3. The number of fused-ring (bicyclic) bond motifs is 11. The molecule has 0 bridgehead atoms. The Morgan fingerprint density at radius 1 is 0.647 bits per heavy atom. The van der Waals surface area contributed by atoms with E-state index in [2.05, 4.69) is 164 Å². The SMILES string of the molecule is CSc1ccc2c(c1)B1c3c(cc4c(oc5ccccc54)c3N2c2ccc(-c3c(C)cc(C)cc3C)cc2)-c2cccc3c4ccccc4n1c23. The van der Waals surface area contributed by atoms with Gasteiger partial charge in [-0.3, -0.25) is 0 Å². The molecular weight excluding hydrogens is 639 g/mol. The summed E-state index contributed by atoms with van der Waals surface area (Å²) in [6, 6.07) is 47.5. The van der Waals surface area contributed by atoms with Gasteiger partial charge in [0.1, 0.15) is 5.58 Å². The summed E-state index contributed by atoms with van der Waals surface area (Å²) in [5.41, 5.74) is 19.4. The lowest BCUT2D eigenvalue weighted by Crippen LogP contribution is -2.56. The summed E-state index contributed by atoms with van der Waals surface area (Å²) in [6.07, 6.45) is 2.17. The second-order valence-electron chi connectivity index (χ2n) is 14.2. The van der Waals surface area contributed by atoms with Gasteiger partial charge in [0.2, 0.25) is 0 Å². The van der Waals surface area contributed by atoms with Crippen molar-refractivity contribution in [2.75, 3.05) is 11.2 Å². The van der Waals surface area contributed by atoms with Gasteiger partial charge in [0.05, 0.1) is 5.69 Å². The van der Waals surface area contributed by atoms with Crippen LogP contribution in [0, 0.1) is 20.8 Å². The molecule has 0 N–H and O–H groups in total. The van der Waals surface area contributed by atoms with Gasteiger partial charge in [0.15, 0.2) is 5.58 Å². The zero-order valence-corrected chi connectivity index (χ0v) is 29.7. The molecule has 2 aliphatic heterocycles. The Balaban J connectivity index is 1.27. The lowest BCUT2D eigenvalue weighted by molar-refractivity contribution is 0.669. The molecule has 0 amide bonds. The van der Waals surface area contributed by atoms with Gasteiger partial charge in [-0.05, 0) is 114 Å². The van der Waals surface area contributed by atoms with Gasteiger partial charge >= 0.3 is 6.85 Å². The van der Waals surface area contributed by atoms with E-state index in [9.17, 15) is 0 Å². The summed E-state index contributed by atoms with van der Waals surface area (Å²) in [4.78, 5) is 3.74. The number of hydrogen-bond acceptors (Lipinski definition) is 3. The molecule has 51 heavy (non-hydrogen) atoms. The predicted molar refractivity (Wildman–Crippen MR) is 219 cm³/mol. The van der Waals surface area contributed by atoms with Crippen molar-refractivity contribution in [3.8, 4) is 22.3 Å². The van der Waals surface area contributed by atoms with E-state index in [1.54, 1.807) is 11.8 Å². The zero-order valence-electron chi connectivity index (χ0n) is 28.9. The number of hydrogen-bond donors (Lipinski definition) is 0. The lowest BCUT2D eigenvalue weighted by Gasteiger charge is -2.40. The quantitative estimate of drug-likeness (QED) is 0.138. The lowest BCUT2D eigenvalue weighted by atomic mass is 9.45. The summed E-state index contributed by atoms with van der Waals surface area (Å²) in [5.74, 6) is 0. The minimum absolute atomic E-state index is 0.0274. The number of nitrogens with zero attached hydrogens (tertiary/aromatic N) is 2. The molecule has 0 atom stereocenters. The molecule has 0 aliphatic carbocycles. The van der Waals surface area contributed by atoms with Crippen LogP contribution in [0.25, 0.3) is 66.0 Å². The fraction of sp³-hybridized carbons (Fsp3) is 0.0870. The second-order valence-corrected chi connectivity index (χ2v) is 15.1. The van der Waals surface area contributed by atoms with E-state index >= 15 is 0 Å². The Morgan fingerprint density at radius 2 is 1.39 bits per heavy atom. The predicted octanol–water partition coefficient (Wildman–Crippen LogP) is 11.4. The van der Waals surface area contributed by atoms with E-state index in [4.69, 9.17) is 4.42 Å². The maximum atomic E-state index is 6.95. The first kappa shape index (κ1) is 29.1. The summed E-state index contributed by atoms with van der Waals surface area (Å²) in [5, 5.41) is 4.89. The van der Waals surface area contributed by atoms with E-state index in [-0.39, 0.29) is 6.85 Å². The van der Waals surface area contributed by atoms with Gasteiger partial charge in [-0.15, -0.1) is 11.8 Å². The minimum Gasteiger partial charge on any atom is -0.454 e. The summed E-state index contributed by atoms with van der Waals surface area (Å²) >= 11 is 1.80. The van der Waals surface area contributed by atoms with Crippen molar-refractivity contribution >= 4 is 90.3 Å². The monoisotopic (exact) mass is 672 g/mol. The van der Waals surface area contributed by atoms with Crippen LogP contribution in [0.15, 0.2) is 137 Å². The third-order valence-electron chi connectivity index (χ3n) is 11.3. The number of thioether (sulfide) groups is 1. The highest BCUT2D eigenvalue weighted by molar-refractivity contribution is 7.98. The molecule has 2 aliphatic rings. The van der Waals surface area contributed by atoms with Crippen LogP contribution in [0.2, 0.25) is 0 Å². The molecule has 2 aromatic heterocycles. The van der Waals surface area contributed by atoms with Crippen molar-refractivity contribution in [1.29, 1.82) is 0 Å². The third kappa shape index (κ3) is 3.87. The summed E-state index contributed by atoms with van der Waals surface area (Å²) < 4.78 is 9.56. The molecule has 7 aromatic carbocycles. The van der Waals surface area contributed by atoms with Gasteiger partial charge in [0, 0.05) is 54.4 Å². The Labute approximate surface area is 301 Å². The van der Waals surface area contributed by atoms with Gasteiger partial charge in [-0.2, -0.15) is 0 Å². The molecular formula is C46H33BN2OS. The van der Waals surface area contributed by atoms with Gasteiger partial charge in [-0.25, -0.2) is 0 Å². The second kappa shape index (κ2) is 10.4. The van der Waals surface area contributed by atoms with E-state index < -0.39 is 0 Å². The van der Waals surface area contributed by atoms with Crippen molar-refractivity contribution in [2.24, 2.45) is 0 Å². The smallest absolute Gasteiger partial charge is 0.333 e. The van der Waals surface area contributed by atoms with Gasteiger partial charge < -0.3 is 13.8 Å². The standard InChI is InChI=1S/C46H33BN2OS/c1-26-22-27(2)42(28(3)23-26)29-16-18-30(19-17-29)48-40-21-20-31(51-4)24-38(40)47-43-36(25-37-33-11-6-8-15-41(33)50-46(37)45(43)48)35-13-9-12-34-32-10-5-7-14-39(32)49(47)44(34)35/h5-25H,1-4H3. The number of aromatic nitrogens is 1. The molecule has 0 saturated carbocycles. The molecule has 0 unspecified atom stereocenters. The largest absolute Gasteiger partial charge is 0.454 e. The highest BCUT2D eigenvalue weighted by atomic mass is 32.2. The zero-order chi connectivity index (χ0) is 34.1. The maximum Gasteiger partial charge on any atom is 0.333 e. The normalized spacial score (nSPS) is 13.1. The van der Waals surface area contributed by atoms with Crippen molar-refractivity contribution in [1.82, 2.24) is 4.48 Å². The fourth-order valence-corrected chi connectivity index (χ4v) is 9.87. The molecule has 0 saturated heterocycles. The Bertz CT molecular complexity index is 2930. The van der Waals surface area contributed by atoms with Crippen LogP contribution in [-0.2, 0) is 0 Å². The number of rotatable bonds is 3. The topological polar surface area (TPSA) is 21.3 Å². The van der Waals surface area contributed by atoms with Crippen LogP contribution in [-0.4, -0.2) is 17.6 Å². The van der Waals surface area contributed by atoms with Gasteiger partial charge in [0.25, 0.3) is 0 Å². The number of furan rings is 1. The molecule has 0 fully saturated rings. The Morgan fingerprint density at radius 3 is 2.20 bits per heavy atom. The first-order valence-corrected chi connectivity index (χ1v) is 18.9. The van der Waals surface area contributed by atoms with E-state index in [1.165, 1.54) is 82.3 Å². The molecule has 11 rings (SSSR count). The number of para-hydroxylation sites is 3. The van der Waals surface area contributed by atoms with Crippen LogP contribution < -0.4 is 15.8 Å². The highest BCUT2D eigenvalue weighted by Crippen LogP contribution is 2.49. The van der Waals surface area contributed by atoms with Crippen molar-refractivity contribution < 1.29 is 4.42 Å². The van der Waals surface area contributed by atoms with E-state index in [0.29, 0.717) is 0 Å². The van der Waals surface area contributed by atoms with Crippen LogP contribution in [0.4, 0.5) is 17.1 Å². The molecule has 242 valence electrons. The molecule has 3 nitrogen and oxygen atoms in total. The van der Waals surface area contributed by atoms with Crippen LogP contribution in [0.1, 0.15) is 16.7 Å². The van der Waals surface area contributed by atoms with E-state index in [1.807, 2.05) is 0 Å². The average Bonchev–Trinajstić information content (AvgIpc) is 3.69. The molecule has 4 heterocycles. The Kier molecular flexibility index (Phi) is 5.96. The summed E-state index contributed by atoms with van der Waals surface area (Å²) in [7, 11) is 0. The molecule has 5 heteroatoms. The van der Waals surface area contributed by atoms with Crippen molar-refractivity contribution in [3.05, 3.63) is 144 Å². The fourth-order valence-electron chi connectivity index (χ4n) is 9.42. The van der Waals surface area contributed by atoms with Crippen LogP contribution >= 0.6 is 11.8 Å². The maximum absolute atomic E-state index is 6.95. The van der Waals surface area contributed by atoms with Crippen LogP contribution in [0.3, 0.4) is 0 Å². The first-order chi connectivity index (χ1) is 25.0. The van der Waals surface area contributed by atoms with Crippen molar-refractivity contribution in [2.45, 2.75) is 25.7 Å². The Hall–Kier alpha value is -5.65. The highest BCUT2D eigenvalue weighted by Gasteiger charge is 2.44. The van der Waals surface area contributed by atoms with Gasteiger partial charge in [-0.1, -0.05) is 84.4 Å². The number of benzene rings is 7. The summed E-state index contributed by atoms with van der Waals surface area (Å²) in [6.45, 7) is 6.60. The van der Waals surface area contributed by atoms with Crippen LogP contribution in [0.5, 0.6) is 0 Å².